The quantitative estimate of drug-likeness (QED) is 0.361. The molecule has 13 heteroatoms. The second-order valence-electron chi connectivity index (χ2n) is 10.4. The molecular weight excluding hydrogens is 538 g/mol. The second kappa shape index (κ2) is 12.0. The molecule has 2 saturated heterocycles. The van der Waals surface area contributed by atoms with Crippen LogP contribution in [0.4, 0.5) is 26.9 Å². The third kappa shape index (κ3) is 5.81. The number of methoxy groups -OCH3 is 1. The van der Waals surface area contributed by atoms with Gasteiger partial charge in [0, 0.05) is 43.6 Å². The maximum absolute atomic E-state index is 12.4. The maximum Gasteiger partial charge on any atom is 0.409 e. The number of ether oxygens (including phenoxy) is 2. The van der Waals surface area contributed by atoms with Gasteiger partial charge in [-0.3, -0.25) is 5.32 Å². The highest BCUT2D eigenvalue weighted by Crippen LogP contribution is 2.32. The van der Waals surface area contributed by atoms with Crippen molar-refractivity contribution in [3.8, 4) is 11.4 Å². The summed E-state index contributed by atoms with van der Waals surface area (Å²) in [5, 5.41) is 11.2. The number of rotatable bonds is 5. The van der Waals surface area contributed by atoms with Crippen molar-refractivity contribution < 1.29 is 19.1 Å². The number of piperidine rings is 1. The smallest absolute Gasteiger partial charge is 0.409 e. The average Bonchev–Trinajstić information content (AvgIpc) is 3.45. The fourth-order valence-corrected chi connectivity index (χ4v) is 5.40. The monoisotopic (exact) mass is 571 g/mol. The van der Waals surface area contributed by atoms with E-state index >= 15 is 0 Å². The number of hydrogen-bond donors (Lipinski definition) is 2. The highest BCUT2D eigenvalue weighted by molar-refractivity contribution is 5.99. The molecule has 2 aliphatic rings. The van der Waals surface area contributed by atoms with Gasteiger partial charge in [-0.25, -0.2) is 29.2 Å². The van der Waals surface area contributed by atoms with Crippen LogP contribution in [-0.4, -0.2) is 87.8 Å². The van der Waals surface area contributed by atoms with Crippen molar-refractivity contribution in [1.82, 2.24) is 29.6 Å². The molecule has 6 rings (SSSR count). The first-order chi connectivity index (χ1) is 20.5. The highest BCUT2D eigenvalue weighted by Gasteiger charge is 2.28. The van der Waals surface area contributed by atoms with Gasteiger partial charge in [-0.15, -0.1) is 0 Å². The van der Waals surface area contributed by atoms with Crippen LogP contribution in [0.15, 0.2) is 54.9 Å². The summed E-state index contributed by atoms with van der Waals surface area (Å²) in [6.07, 6.45) is 4.72. The molecule has 2 fully saturated rings. The molecule has 13 nitrogen and oxygen atoms in total. The Balaban J connectivity index is 1.28. The summed E-state index contributed by atoms with van der Waals surface area (Å²) in [7, 11) is 1.40. The zero-order valence-corrected chi connectivity index (χ0v) is 23.6. The minimum absolute atomic E-state index is 0.0764. The summed E-state index contributed by atoms with van der Waals surface area (Å²) < 4.78 is 12.7. The lowest BCUT2D eigenvalue weighted by Crippen LogP contribution is -2.41. The van der Waals surface area contributed by atoms with Gasteiger partial charge in [-0.05, 0) is 56.2 Å². The molecule has 0 radical (unpaired) electrons. The number of nitrogens with zero attached hydrogens (tertiary/aromatic N) is 7. The Morgan fingerprint density at radius 2 is 1.83 bits per heavy atom. The van der Waals surface area contributed by atoms with Crippen LogP contribution in [0.5, 0.6) is 0 Å². The van der Waals surface area contributed by atoms with Crippen molar-refractivity contribution in [2.45, 2.75) is 31.9 Å². The van der Waals surface area contributed by atoms with E-state index in [0.717, 1.165) is 35.3 Å². The number of anilines is 3. The summed E-state index contributed by atoms with van der Waals surface area (Å²) in [5.41, 5.74) is 2.18. The molecule has 5 heterocycles. The third-order valence-corrected chi connectivity index (χ3v) is 7.52. The number of carbonyl (C=O) groups excluding carboxylic acids is 2. The van der Waals surface area contributed by atoms with Crippen LogP contribution >= 0.6 is 0 Å². The van der Waals surface area contributed by atoms with Gasteiger partial charge >= 0.3 is 12.1 Å². The highest BCUT2D eigenvalue weighted by atomic mass is 16.5. The van der Waals surface area contributed by atoms with E-state index in [-0.39, 0.29) is 24.3 Å². The van der Waals surface area contributed by atoms with Crippen LogP contribution < -0.4 is 15.5 Å². The normalized spacial score (nSPS) is 17.7. The van der Waals surface area contributed by atoms with Gasteiger partial charge in [0.2, 0.25) is 0 Å². The first kappa shape index (κ1) is 27.4. The van der Waals surface area contributed by atoms with E-state index < -0.39 is 0 Å². The van der Waals surface area contributed by atoms with E-state index in [1.165, 1.54) is 7.11 Å². The number of hydrogen-bond acceptors (Lipinski definition) is 9. The lowest BCUT2D eigenvalue weighted by molar-refractivity contribution is 0.0530. The van der Waals surface area contributed by atoms with E-state index in [9.17, 15) is 9.59 Å². The first-order valence-corrected chi connectivity index (χ1v) is 14.0. The van der Waals surface area contributed by atoms with E-state index in [0.29, 0.717) is 50.1 Å². The molecule has 1 aromatic carbocycles. The number of aromatic nitrogens is 5. The van der Waals surface area contributed by atoms with E-state index in [1.807, 2.05) is 35.1 Å². The zero-order valence-electron chi connectivity index (χ0n) is 23.6. The third-order valence-electron chi connectivity index (χ3n) is 7.52. The fourth-order valence-electron chi connectivity index (χ4n) is 5.40. The van der Waals surface area contributed by atoms with Crippen molar-refractivity contribution in [2.24, 2.45) is 0 Å². The van der Waals surface area contributed by atoms with Crippen LogP contribution in [0, 0.1) is 0 Å². The van der Waals surface area contributed by atoms with Crippen LogP contribution in [0.2, 0.25) is 0 Å². The summed E-state index contributed by atoms with van der Waals surface area (Å²) in [5.74, 6) is 1.85. The standard InChI is InChI=1S/C29H33N9O4/c1-19-18-37(15-16-42-19)26-23-17-31-38(22-10-13-36(14-11-22)29(40)41-2)27(23)35-25(34-26)20-6-8-21(9-7-20)32-28(39)33-24-5-3-4-12-30-24/h3-9,12,17,19,22H,10-11,13-16,18H2,1-2H3,(H2,30,32,33,39). The van der Waals surface area contributed by atoms with Crippen LogP contribution in [0.3, 0.4) is 0 Å². The molecule has 0 bridgehead atoms. The van der Waals surface area contributed by atoms with Crippen LogP contribution in [-0.2, 0) is 9.47 Å². The maximum atomic E-state index is 12.4. The summed E-state index contributed by atoms with van der Waals surface area (Å²) in [6.45, 7) is 5.28. The van der Waals surface area contributed by atoms with Crippen molar-refractivity contribution in [3.05, 3.63) is 54.9 Å². The number of morpholine rings is 1. The Bertz CT molecular complexity index is 1550. The van der Waals surface area contributed by atoms with Gasteiger partial charge in [0.1, 0.15) is 11.6 Å². The zero-order chi connectivity index (χ0) is 29.1. The minimum atomic E-state index is -0.384. The Labute approximate surface area is 242 Å². The molecule has 3 aromatic heterocycles. The molecular formula is C29H33N9O4. The number of benzene rings is 1. The number of carbonyl (C=O) groups is 2. The lowest BCUT2D eigenvalue weighted by atomic mass is 10.1. The van der Waals surface area contributed by atoms with Crippen molar-refractivity contribution in [1.29, 1.82) is 0 Å². The Kier molecular flexibility index (Phi) is 7.82. The molecule has 0 aliphatic carbocycles. The average molecular weight is 572 g/mol. The van der Waals surface area contributed by atoms with Crippen LogP contribution in [0.25, 0.3) is 22.4 Å². The molecule has 0 saturated carbocycles. The summed E-state index contributed by atoms with van der Waals surface area (Å²) >= 11 is 0. The molecule has 1 unspecified atom stereocenters. The summed E-state index contributed by atoms with van der Waals surface area (Å²) in [6, 6.07) is 12.4. The topological polar surface area (TPSA) is 140 Å². The Morgan fingerprint density at radius 3 is 2.55 bits per heavy atom. The molecule has 1 atom stereocenters. The Morgan fingerprint density at radius 1 is 1.02 bits per heavy atom. The van der Waals surface area contributed by atoms with Crippen LogP contribution in [0.1, 0.15) is 25.8 Å². The molecule has 42 heavy (non-hydrogen) atoms. The van der Waals surface area contributed by atoms with Gasteiger partial charge < -0.3 is 24.6 Å². The van der Waals surface area contributed by atoms with Crippen molar-refractivity contribution in [3.63, 3.8) is 0 Å². The molecule has 2 N–H and O–H groups in total. The van der Waals surface area contributed by atoms with Gasteiger partial charge in [0.05, 0.1) is 37.4 Å². The summed E-state index contributed by atoms with van der Waals surface area (Å²) in [4.78, 5) is 42.5. The second-order valence-corrected chi connectivity index (χ2v) is 10.4. The van der Waals surface area contributed by atoms with Crippen molar-refractivity contribution >= 4 is 40.5 Å². The van der Waals surface area contributed by atoms with Gasteiger partial charge in [-0.1, -0.05) is 6.07 Å². The van der Waals surface area contributed by atoms with E-state index in [4.69, 9.17) is 24.5 Å². The number of pyridine rings is 1. The first-order valence-electron chi connectivity index (χ1n) is 14.0. The molecule has 218 valence electrons. The predicted molar refractivity (Wildman–Crippen MR) is 158 cm³/mol. The van der Waals surface area contributed by atoms with Gasteiger partial charge in [-0.2, -0.15) is 5.10 Å². The predicted octanol–water partition coefficient (Wildman–Crippen LogP) is 4.16. The number of likely N-dealkylation sites (tertiary alicyclic amines) is 1. The molecule has 4 aromatic rings. The number of urea groups is 1. The van der Waals surface area contributed by atoms with E-state index in [1.54, 1.807) is 29.3 Å². The Hall–Kier alpha value is -4.78. The minimum Gasteiger partial charge on any atom is -0.453 e. The van der Waals surface area contributed by atoms with Gasteiger partial charge in [0.25, 0.3) is 0 Å². The largest absolute Gasteiger partial charge is 0.453 e. The lowest BCUT2D eigenvalue weighted by Gasteiger charge is -2.33. The molecule has 2 aliphatic heterocycles. The number of fused-ring (bicyclic) bond motifs is 1. The van der Waals surface area contributed by atoms with Crippen molar-refractivity contribution in [2.75, 3.05) is 55.4 Å². The number of nitrogens with one attached hydrogen (secondary N) is 2. The SMILES string of the molecule is COC(=O)N1CCC(n2ncc3c(N4CCOC(C)C4)nc(-c4ccc(NC(=O)Nc5ccccn5)cc4)nc32)CC1. The fraction of sp³-hybridized carbons (Fsp3) is 0.379. The van der Waals surface area contributed by atoms with Gasteiger partial charge in [0.15, 0.2) is 11.5 Å². The van der Waals surface area contributed by atoms with E-state index in [2.05, 4.69) is 27.4 Å². The molecule has 3 amide bonds. The number of amides is 3. The molecule has 0 spiro atoms.